The van der Waals surface area contributed by atoms with Crippen molar-refractivity contribution < 1.29 is 23.0 Å². The van der Waals surface area contributed by atoms with Gasteiger partial charge in [0.15, 0.2) is 11.5 Å². The number of hydrogen-bond acceptors (Lipinski definition) is 4. The predicted molar refractivity (Wildman–Crippen MR) is 127 cm³/mol. The number of rotatable bonds is 4. The fourth-order valence-electron chi connectivity index (χ4n) is 4.03. The molecule has 5 nitrogen and oxygen atoms in total. The molecule has 1 aromatic heterocycles. The third kappa shape index (κ3) is 4.61. The third-order valence-electron chi connectivity index (χ3n) is 5.81. The zero-order valence-electron chi connectivity index (χ0n) is 18.1. The van der Waals surface area contributed by atoms with Crippen LogP contribution in [-0.4, -0.2) is 14.7 Å². The molecule has 0 saturated heterocycles. The van der Waals surface area contributed by atoms with Gasteiger partial charge in [0.25, 0.3) is 5.56 Å². The van der Waals surface area contributed by atoms with E-state index in [-0.39, 0.29) is 23.7 Å². The molecule has 2 heterocycles. The first kappa shape index (κ1) is 23.0. The number of fused-ring (bicyclic) bond motifs is 2. The number of alkyl halides is 3. The largest absolute Gasteiger partial charge is 0.504 e. The second-order valence-corrected chi connectivity index (χ2v) is 8.62. The van der Waals surface area contributed by atoms with Gasteiger partial charge in [-0.05, 0) is 71.7 Å². The van der Waals surface area contributed by atoms with Crippen LogP contribution >= 0.6 is 11.6 Å². The van der Waals surface area contributed by atoms with E-state index in [9.17, 15) is 23.1 Å². The summed E-state index contributed by atoms with van der Waals surface area (Å²) in [6.45, 7) is 0.508. The molecule has 0 spiro atoms. The van der Waals surface area contributed by atoms with E-state index in [0.29, 0.717) is 45.8 Å². The van der Waals surface area contributed by atoms with Gasteiger partial charge in [0.05, 0.1) is 16.5 Å². The summed E-state index contributed by atoms with van der Waals surface area (Å²) in [5.74, 6) is 0.653. The highest BCUT2D eigenvalue weighted by atomic mass is 35.5. The van der Waals surface area contributed by atoms with Crippen molar-refractivity contribution in [2.24, 2.45) is 0 Å². The number of allylic oxidation sites excluding steroid dienone is 1. The molecule has 1 N–H and O–H groups in total. The van der Waals surface area contributed by atoms with Crippen molar-refractivity contribution in [2.75, 3.05) is 0 Å². The van der Waals surface area contributed by atoms with Crippen molar-refractivity contribution in [2.45, 2.75) is 25.7 Å². The van der Waals surface area contributed by atoms with Crippen LogP contribution < -0.4 is 10.3 Å². The number of halogens is 4. The number of phenolic OH excluding ortho intramolecular Hbond substituents is 1. The number of hydrogen-bond donors (Lipinski definition) is 1. The average Bonchev–Trinajstić information content (AvgIpc) is 3.21. The molecule has 3 aromatic carbocycles. The lowest BCUT2D eigenvalue weighted by molar-refractivity contribution is -0.137. The maximum Gasteiger partial charge on any atom is 0.416 e. The second-order valence-electron chi connectivity index (χ2n) is 8.18. The first-order chi connectivity index (χ1) is 16.7. The Kier molecular flexibility index (Phi) is 5.76. The topological polar surface area (TPSA) is 64.4 Å². The number of benzene rings is 3. The molecule has 35 heavy (non-hydrogen) atoms. The fraction of sp³-hybridized carbons (Fsp3) is 0.154. The van der Waals surface area contributed by atoms with Gasteiger partial charge in [-0.3, -0.25) is 9.36 Å². The SMILES string of the molecule is O=c1c2ccc(Cl)cc2nc2n1CC/C2=C\c1ccc(OCc2ccc(C(F)(F)F)cc2)c(O)c1. The molecular formula is C26H18ClF3N2O3. The minimum absolute atomic E-state index is 0.00196. The molecule has 1 aliphatic heterocycles. The smallest absolute Gasteiger partial charge is 0.416 e. The lowest BCUT2D eigenvalue weighted by Gasteiger charge is -2.11. The number of phenols is 1. The van der Waals surface area contributed by atoms with Crippen LogP contribution in [0.1, 0.15) is 28.9 Å². The molecular weight excluding hydrogens is 481 g/mol. The second kappa shape index (κ2) is 8.78. The number of aromatic hydroxyl groups is 1. The predicted octanol–water partition coefficient (Wildman–Crippen LogP) is 6.30. The minimum atomic E-state index is -4.40. The van der Waals surface area contributed by atoms with Crippen LogP contribution in [0.4, 0.5) is 13.2 Å². The number of ether oxygens (including phenoxy) is 1. The van der Waals surface area contributed by atoms with Gasteiger partial charge in [0, 0.05) is 11.6 Å². The standard InChI is InChI=1S/C26H18ClF3N2O3/c27-19-6-7-20-21(13-19)31-24-17(9-10-32(24)25(20)34)11-16-3-8-23(22(33)12-16)35-14-15-1-4-18(5-2-15)26(28,29)30/h1-8,11-13,33H,9-10,14H2/b17-11+. The quantitative estimate of drug-likeness (QED) is 0.359. The van der Waals surface area contributed by atoms with Crippen LogP contribution in [0.25, 0.3) is 22.6 Å². The summed E-state index contributed by atoms with van der Waals surface area (Å²) < 4.78 is 45.3. The number of aromatic nitrogens is 2. The Bertz CT molecular complexity index is 1530. The van der Waals surface area contributed by atoms with Crippen LogP contribution in [0.15, 0.2) is 65.5 Å². The van der Waals surface area contributed by atoms with E-state index in [1.807, 2.05) is 6.08 Å². The first-order valence-corrected chi connectivity index (χ1v) is 11.1. The van der Waals surface area contributed by atoms with Gasteiger partial charge < -0.3 is 9.84 Å². The Labute approximate surface area is 202 Å². The monoisotopic (exact) mass is 498 g/mol. The molecule has 9 heteroatoms. The van der Waals surface area contributed by atoms with Gasteiger partial charge in [0.1, 0.15) is 12.4 Å². The van der Waals surface area contributed by atoms with E-state index in [1.165, 1.54) is 18.2 Å². The van der Waals surface area contributed by atoms with Gasteiger partial charge in [0.2, 0.25) is 0 Å². The van der Waals surface area contributed by atoms with E-state index < -0.39 is 11.7 Å². The summed E-state index contributed by atoms with van der Waals surface area (Å²) in [6, 6.07) is 14.5. The van der Waals surface area contributed by atoms with Crippen molar-refractivity contribution >= 4 is 34.2 Å². The van der Waals surface area contributed by atoms with Crippen molar-refractivity contribution in [3.05, 3.63) is 98.6 Å². The molecule has 178 valence electrons. The van der Waals surface area contributed by atoms with Gasteiger partial charge in [-0.15, -0.1) is 0 Å². The van der Waals surface area contributed by atoms with E-state index in [0.717, 1.165) is 17.7 Å². The van der Waals surface area contributed by atoms with E-state index in [1.54, 1.807) is 34.9 Å². The van der Waals surface area contributed by atoms with Crippen molar-refractivity contribution in [1.29, 1.82) is 0 Å². The van der Waals surface area contributed by atoms with Crippen molar-refractivity contribution in [3.8, 4) is 11.5 Å². The Morgan fingerprint density at radius 1 is 1.09 bits per heavy atom. The zero-order valence-corrected chi connectivity index (χ0v) is 18.9. The highest BCUT2D eigenvalue weighted by Crippen LogP contribution is 2.33. The van der Waals surface area contributed by atoms with Crippen molar-refractivity contribution in [1.82, 2.24) is 9.55 Å². The van der Waals surface area contributed by atoms with Gasteiger partial charge in [-0.1, -0.05) is 29.8 Å². The molecule has 0 atom stereocenters. The molecule has 0 aliphatic carbocycles. The van der Waals surface area contributed by atoms with Crippen LogP contribution in [0.2, 0.25) is 5.02 Å². The minimum Gasteiger partial charge on any atom is -0.504 e. The summed E-state index contributed by atoms with van der Waals surface area (Å²) in [7, 11) is 0. The van der Waals surface area contributed by atoms with Crippen LogP contribution in [-0.2, 0) is 19.3 Å². The first-order valence-electron chi connectivity index (χ1n) is 10.7. The maximum absolute atomic E-state index is 12.8. The van der Waals surface area contributed by atoms with E-state index in [2.05, 4.69) is 4.98 Å². The lowest BCUT2D eigenvalue weighted by atomic mass is 10.1. The molecule has 0 saturated carbocycles. The molecule has 5 rings (SSSR count). The third-order valence-corrected chi connectivity index (χ3v) is 6.04. The lowest BCUT2D eigenvalue weighted by Crippen LogP contribution is -2.20. The van der Waals surface area contributed by atoms with Crippen LogP contribution in [0.3, 0.4) is 0 Å². The zero-order chi connectivity index (χ0) is 24.7. The van der Waals surface area contributed by atoms with Gasteiger partial charge >= 0.3 is 6.18 Å². The van der Waals surface area contributed by atoms with E-state index in [4.69, 9.17) is 16.3 Å². The summed E-state index contributed by atoms with van der Waals surface area (Å²) in [6.07, 6.45) is -1.94. The molecule has 4 aromatic rings. The number of nitrogens with zero attached hydrogens (tertiary/aromatic N) is 2. The maximum atomic E-state index is 12.8. The highest BCUT2D eigenvalue weighted by Gasteiger charge is 2.30. The Morgan fingerprint density at radius 3 is 2.57 bits per heavy atom. The van der Waals surface area contributed by atoms with Gasteiger partial charge in [-0.2, -0.15) is 13.2 Å². The van der Waals surface area contributed by atoms with Crippen LogP contribution in [0.5, 0.6) is 11.5 Å². The Morgan fingerprint density at radius 2 is 1.86 bits per heavy atom. The molecule has 0 radical (unpaired) electrons. The average molecular weight is 499 g/mol. The molecule has 0 unspecified atom stereocenters. The Balaban J connectivity index is 1.36. The van der Waals surface area contributed by atoms with Gasteiger partial charge in [-0.25, -0.2) is 4.98 Å². The van der Waals surface area contributed by atoms with E-state index >= 15 is 0 Å². The Hall–Kier alpha value is -3.78. The highest BCUT2D eigenvalue weighted by molar-refractivity contribution is 6.31. The van der Waals surface area contributed by atoms with Crippen LogP contribution in [0, 0.1) is 0 Å². The molecule has 1 aliphatic rings. The summed E-state index contributed by atoms with van der Waals surface area (Å²) in [5, 5.41) is 11.4. The molecule has 0 amide bonds. The molecule has 0 bridgehead atoms. The normalized spacial score (nSPS) is 14.5. The molecule has 0 fully saturated rings. The summed E-state index contributed by atoms with van der Waals surface area (Å²) in [4.78, 5) is 17.5. The fourth-order valence-corrected chi connectivity index (χ4v) is 4.19. The summed E-state index contributed by atoms with van der Waals surface area (Å²) in [5.41, 5.74) is 1.74. The summed E-state index contributed by atoms with van der Waals surface area (Å²) >= 11 is 6.06. The van der Waals surface area contributed by atoms with Crippen molar-refractivity contribution in [3.63, 3.8) is 0 Å².